The second kappa shape index (κ2) is 8.34. The lowest BCUT2D eigenvalue weighted by Crippen LogP contribution is -2.26. The summed E-state index contributed by atoms with van der Waals surface area (Å²) in [5.41, 5.74) is 1.27. The van der Waals surface area contributed by atoms with Crippen molar-refractivity contribution >= 4 is 17.6 Å². The largest absolute Gasteiger partial charge is 0.364 e. The van der Waals surface area contributed by atoms with Gasteiger partial charge in [-0.05, 0) is 67.8 Å². The van der Waals surface area contributed by atoms with E-state index in [1.54, 1.807) is 19.1 Å². The molecule has 0 aliphatic rings. The minimum Gasteiger partial charge on any atom is -0.364 e. The summed E-state index contributed by atoms with van der Waals surface area (Å²) >= 11 is 1.25. The molecule has 0 spiro atoms. The maximum absolute atomic E-state index is 13.9. The van der Waals surface area contributed by atoms with Gasteiger partial charge in [-0.1, -0.05) is 6.07 Å². The van der Waals surface area contributed by atoms with Crippen LogP contribution in [0.25, 0.3) is 0 Å². The van der Waals surface area contributed by atoms with E-state index in [-0.39, 0.29) is 17.1 Å². The first-order valence-corrected chi connectivity index (χ1v) is 8.75. The number of aryl methyl sites for hydroxylation is 1. The molecule has 0 aliphatic carbocycles. The van der Waals surface area contributed by atoms with Crippen LogP contribution in [0.3, 0.4) is 0 Å². The van der Waals surface area contributed by atoms with Crippen LogP contribution in [0.4, 0.5) is 18.9 Å². The molecular formula is C19H21F3N2S. The first-order valence-electron chi connectivity index (χ1n) is 7.81. The highest BCUT2D eigenvalue weighted by Gasteiger charge is 2.18. The van der Waals surface area contributed by atoms with Gasteiger partial charge < -0.3 is 4.90 Å². The molecule has 0 amide bonds. The summed E-state index contributed by atoms with van der Waals surface area (Å²) in [6.07, 6.45) is 1.89. The maximum atomic E-state index is 13.9. The van der Waals surface area contributed by atoms with Gasteiger partial charge in [0.25, 0.3) is 0 Å². The summed E-state index contributed by atoms with van der Waals surface area (Å²) < 4.78 is 43.3. The number of halogens is 3. The molecular weight excluding hydrogens is 345 g/mol. The third kappa shape index (κ3) is 4.51. The quantitative estimate of drug-likeness (QED) is 0.624. The second-order valence-electron chi connectivity index (χ2n) is 5.74. The zero-order chi connectivity index (χ0) is 18.6. The molecule has 0 radical (unpaired) electrons. The number of hydrogen-bond donors (Lipinski definition) is 0. The van der Waals surface area contributed by atoms with E-state index in [9.17, 15) is 13.2 Å². The van der Waals surface area contributed by atoms with Gasteiger partial charge >= 0.3 is 0 Å². The highest BCUT2D eigenvalue weighted by molar-refractivity contribution is 8.00. The molecule has 0 bridgehead atoms. The van der Waals surface area contributed by atoms with Gasteiger partial charge in [-0.3, -0.25) is 4.31 Å². The fourth-order valence-electron chi connectivity index (χ4n) is 2.38. The van der Waals surface area contributed by atoms with Crippen LogP contribution in [-0.2, 0) is 5.75 Å². The summed E-state index contributed by atoms with van der Waals surface area (Å²) in [6.45, 7) is 3.56. The predicted octanol–water partition coefficient (Wildman–Crippen LogP) is 5.49. The number of nitrogens with zero attached hydrogens (tertiary/aromatic N) is 2. The van der Waals surface area contributed by atoms with E-state index in [2.05, 4.69) is 0 Å². The Bertz CT molecular complexity index is 755. The Hall–Kier alpha value is -2.08. The Balaban J connectivity index is 2.36. The van der Waals surface area contributed by atoms with Gasteiger partial charge in [-0.25, -0.2) is 13.2 Å². The molecule has 2 aromatic carbocycles. The molecule has 0 saturated heterocycles. The lowest BCUT2D eigenvalue weighted by molar-refractivity contribution is 0.507. The number of benzene rings is 2. The molecule has 0 unspecified atom stereocenters. The Morgan fingerprint density at radius 2 is 1.68 bits per heavy atom. The fourth-order valence-corrected chi connectivity index (χ4v) is 3.58. The van der Waals surface area contributed by atoms with E-state index in [0.717, 1.165) is 11.5 Å². The maximum Gasteiger partial charge on any atom is 0.130 e. The number of rotatable bonds is 6. The van der Waals surface area contributed by atoms with Gasteiger partial charge in [0.15, 0.2) is 0 Å². The Labute approximate surface area is 151 Å². The molecule has 0 atom stereocenters. The molecule has 2 rings (SSSR count). The normalized spacial score (nSPS) is 11.6. The van der Waals surface area contributed by atoms with Crippen molar-refractivity contribution < 1.29 is 13.2 Å². The van der Waals surface area contributed by atoms with Crippen LogP contribution in [0, 0.1) is 24.4 Å². The molecule has 2 nitrogen and oxygen atoms in total. The first-order chi connectivity index (χ1) is 11.8. The molecule has 0 fully saturated rings. The Kier molecular flexibility index (Phi) is 6.42. The van der Waals surface area contributed by atoms with E-state index in [1.807, 2.05) is 36.3 Å². The minimum atomic E-state index is -0.574. The molecule has 2 aromatic rings. The van der Waals surface area contributed by atoms with E-state index in [1.165, 1.54) is 36.2 Å². The van der Waals surface area contributed by atoms with Crippen molar-refractivity contribution in [3.05, 3.63) is 76.9 Å². The first kappa shape index (κ1) is 19.2. The molecule has 0 aliphatic heterocycles. The predicted molar refractivity (Wildman–Crippen MR) is 98.7 cm³/mol. The number of hydrogen-bond acceptors (Lipinski definition) is 3. The third-order valence-electron chi connectivity index (χ3n) is 3.70. The number of anilines is 1. The molecule has 6 heteroatoms. The van der Waals surface area contributed by atoms with Crippen LogP contribution in [-0.4, -0.2) is 19.0 Å². The average Bonchev–Trinajstić information content (AvgIpc) is 2.55. The van der Waals surface area contributed by atoms with Crippen molar-refractivity contribution in [1.82, 2.24) is 4.90 Å². The van der Waals surface area contributed by atoms with Gasteiger partial charge in [0.05, 0.1) is 5.69 Å². The zero-order valence-corrected chi connectivity index (χ0v) is 15.5. The molecule has 134 valence electrons. The van der Waals surface area contributed by atoms with Crippen LogP contribution in [0.2, 0.25) is 0 Å². The van der Waals surface area contributed by atoms with Crippen molar-refractivity contribution in [3.63, 3.8) is 0 Å². The standard InChI is InChI=1S/C19H21F3N2S/c1-5-19(23(3)4)24(14-9-10-16(20)13(2)11-14)25-12-15-17(21)7-6-8-18(15)22/h5-11H,12H2,1-4H3/b19-5-. The van der Waals surface area contributed by atoms with Crippen molar-refractivity contribution in [2.24, 2.45) is 0 Å². The average molecular weight is 366 g/mol. The summed E-state index contributed by atoms with van der Waals surface area (Å²) in [5, 5.41) is 0. The Morgan fingerprint density at radius 3 is 2.20 bits per heavy atom. The summed E-state index contributed by atoms with van der Waals surface area (Å²) in [6, 6.07) is 8.59. The topological polar surface area (TPSA) is 6.48 Å². The smallest absolute Gasteiger partial charge is 0.130 e. The fraction of sp³-hybridized carbons (Fsp3) is 0.263. The van der Waals surface area contributed by atoms with Gasteiger partial charge in [-0.15, -0.1) is 0 Å². The van der Waals surface area contributed by atoms with Gasteiger partial charge in [0.1, 0.15) is 23.3 Å². The molecule has 0 saturated carbocycles. The molecule has 0 aromatic heterocycles. The van der Waals surface area contributed by atoms with Crippen molar-refractivity contribution in [2.75, 3.05) is 18.4 Å². The highest BCUT2D eigenvalue weighted by Crippen LogP contribution is 2.32. The minimum absolute atomic E-state index is 0.0190. The zero-order valence-electron chi connectivity index (χ0n) is 14.7. The van der Waals surface area contributed by atoms with Crippen molar-refractivity contribution in [3.8, 4) is 0 Å². The van der Waals surface area contributed by atoms with Gasteiger partial charge in [0, 0.05) is 25.4 Å². The molecule has 0 N–H and O–H groups in total. The van der Waals surface area contributed by atoms with Crippen molar-refractivity contribution in [2.45, 2.75) is 19.6 Å². The second-order valence-corrected chi connectivity index (χ2v) is 6.65. The third-order valence-corrected chi connectivity index (χ3v) is 4.77. The van der Waals surface area contributed by atoms with Gasteiger partial charge in [-0.2, -0.15) is 0 Å². The summed E-state index contributed by atoms with van der Waals surface area (Å²) in [7, 11) is 3.76. The summed E-state index contributed by atoms with van der Waals surface area (Å²) in [4.78, 5) is 1.89. The summed E-state index contributed by atoms with van der Waals surface area (Å²) in [5.74, 6) is -0.502. The van der Waals surface area contributed by atoms with E-state index in [4.69, 9.17) is 0 Å². The number of allylic oxidation sites excluding steroid dienone is 1. The van der Waals surface area contributed by atoms with Crippen LogP contribution in [0.1, 0.15) is 18.1 Å². The Morgan fingerprint density at radius 1 is 1.04 bits per heavy atom. The van der Waals surface area contributed by atoms with E-state index in [0.29, 0.717) is 5.56 Å². The monoisotopic (exact) mass is 366 g/mol. The molecule has 25 heavy (non-hydrogen) atoms. The van der Waals surface area contributed by atoms with Crippen LogP contribution in [0.15, 0.2) is 48.3 Å². The highest BCUT2D eigenvalue weighted by atomic mass is 32.2. The lowest BCUT2D eigenvalue weighted by Gasteiger charge is -2.31. The van der Waals surface area contributed by atoms with E-state index < -0.39 is 11.6 Å². The van der Waals surface area contributed by atoms with Crippen LogP contribution in [0.5, 0.6) is 0 Å². The van der Waals surface area contributed by atoms with Crippen molar-refractivity contribution in [1.29, 1.82) is 0 Å². The SMILES string of the molecule is C/C=C(/N(C)C)N(SCc1c(F)cccc1F)c1ccc(F)c(C)c1. The van der Waals surface area contributed by atoms with E-state index >= 15 is 0 Å². The van der Waals surface area contributed by atoms with Crippen LogP contribution < -0.4 is 4.31 Å². The molecule has 0 heterocycles. The lowest BCUT2D eigenvalue weighted by atomic mass is 10.2. The van der Waals surface area contributed by atoms with Gasteiger partial charge in [0.2, 0.25) is 0 Å². The van der Waals surface area contributed by atoms with Crippen LogP contribution >= 0.6 is 11.9 Å².